The Bertz CT molecular complexity index is 1020. The summed E-state index contributed by atoms with van der Waals surface area (Å²) < 4.78 is 0. The van der Waals surface area contributed by atoms with Crippen LogP contribution in [-0.4, -0.2) is 22.0 Å². The molecule has 28 heavy (non-hydrogen) atoms. The number of benzene rings is 2. The summed E-state index contributed by atoms with van der Waals surface area (Å²) in [6.07, 6.45) is 0. The minimum atomic E-state index is -0.383. The Morgan fingerprint density at radius 2 is 1.64 bits per heavy atom. The number of carbonyl (C=O) groups excluding carboxylic acids is 2. The van der Waals surface area contributed by atoms with Crippen molar-refractivity contribution in [3.05, 3.63) is 70.9 Å². The van der Waals surface area contributed by atoms with Crippen molar-refractivity contribution >= 4 is 46.3 Å². The smallest absolute Gasteiger partial charge is 0.276 e. The van der Waals surface area contributed by atoms with E-state index in [2.05, 4.69) is 26.1 Å². The number of hydrogen-bond donors (Lipinski definition) is 3. The quantitative estimate of drug-likeness (QED) is 0.595. The molecular weight excluding hydrogens is 378 g/mol. The van der Waals surface area contributed by atoms with E-state index in [1.165, 1.54) is 6.92 Å². The van der Waals surface area contributed by atoms with Crippen LogP contribution in [-0.2, 0) is 4.79 Å². The van der Waals surface area contributed by atoms with Crippen LogP contribution in [0.3, 0.4) is 0 Å². The number of aryl methyl sites for hydroxylation is 1. The Kier molecular flexibility index (Phi) is 5.86. The Morgan fingerprint density at radius 1 is 0.893 bits per heavy atom. The zero-order chi connectivity index (χ0) is 20.1. The van der Waals surface area contributed by atoms with Gasteiger partial charge in [0.05, 0.1) is 0 Å². The fourth-order valence-corrected chi connectivity index (χ4v) is 2.59. The number of aromatic nitrogens is 2. The van der Waals surface area contributed by atoms with Gasteiger partial charge in [-0.2, -0.15) is 0 Å². The molecule has 142 valence electrons. The van der Waals surface area contributed by atoms with Crippen molar-refractivity contribution in [1.82, 2.24) is 10.2 Å². The molecule has 1 aromatic heterocycles. The molecule has 0 aliphatic carbocycles. The molecule has 7 nitrogen and oxygen atoms in total. The van der Waals surface area contributed by atoms with Gasteiger partial charge in [-0.05, 0) is 55.0 Å². The van der Waals surface area contributed by atoms with E-state index in [4.69, 9.17) is 11.6 Å². The van der Waals surface area contributed by atoms with Gasteiger partial charge in [0.15, 0.2) is 11.5 Å². The van der Waals surface area contributed by atoms with Gasteiger partial charge in [-0.15, -0.1) is 10.2 Å². The number of nitrogens with zero attached hydrogens (tertiary/aromatic N) is 2. The highest BCUT2D eigenvalue weighted by Gasteiger charge is 2.10. The van der Waals surface area contributed by atoms with Gasteiger partial charge in [0.2, 0.25) is 5.91 Å². The molecule has 3 aromatic rings. The van der Waals surface area contributed by atoms with E-state index >= 15 is 0 Å². The third-order valence-electron chi connectivity index (χ3n) is 3.78. The van der Waals surface area contributed by atoms with Crippen molar-refractivity contribution in [3.63, 3.8) is 0 Å². The van der Waals surface area contributed by atoms with Gasteiger partial charge in [0, 0.05) is 29.0 Å². The van der Waals surface area contributed by atoms with E-state index in [9.17, 15) is 9.59 Å². The second kappa shape index (κ2) is 8.49. The van der Waals surface area contributed by atoms with E-state index in [0.29, 0.717) is 22.2 Å². The predicted octanol–water partition coefficient (Wildman–Crippen LogP) is 4.39. The van der Waals surface area contributed by atoms with Gasteiger partial charge in [-0.1, -0.05) is 23.7 Å². The number of rotatable bonds is 5. The second-order valence-corrected chi connectivity index (χ2v) is 6.52. The summed E-state index contributed by atoms with van der Waals surface area (Å²) in [5.41, 5.74) is 3.08. The normalized spacial score (nSPS) is 10.2. The minimum Gasteiger partial charge on any atom is -0.339 e. The van der Waals surface area contributed by atoms with Crippen LogP contribution in [0.15, 0.2) is 54.6 Å². The molecule has 0 saturated carbocycles. The zero-order valence-corrected chi connectivity index (χ0v) is 16.0. The molecule has 0 aliphatic rings. The lowest BCUT2D eigenvalue weighted by Crippen LogP contribution is -2.14. The molecule has 0 fully saturated rings. The highest BCUT2D eigenvalue weighted by atomic mass is 35.5. The average molecular weight is 396 g/mol. The number of hydrogen-bond acceptors (Lipinski definition) is 5. The van der Waals surface area contributed by atoms with Crippen molar-refractivity contribution in [2.75, 3.05) is 16.0 Å². The maximum atomic E-state index is 12.3. The maximum absolute atomic E-state index is 12.3. The lowest BCUT2D eigenvalue weighted by atomic mass is 10.2. The summed E-state index contributed by atoms with van der Waals surface area (Å²) in [5, 5.41) is 17.1. The minimum absolute atomic E-state index is 0.151. The van der Waals surface area contributed by atoms with Crippen LogP contribution >= 0.6 is 11.6 Å². The summed E-state index contributed by atoms with van der Waals surface area (Å²) in [5.74, 6) is -0.0660. The molecule has 0 atom stereocenters. The van der Waals surface area contributed by atoms with Crippen LogP contribution in [0, 0.1) is 6.92 Å². The fourth-order valence-electron chi connectivity index (χ4n) is 2.41. The van der Waals surface area contributed by atoms with Gasteiger partial charge < -0.3 is 16.0 Å². The van der Waals surface area contributed by atoms with Gasteiger partial charge in [-0.25, -0.2) is 0 Å². The van der Waals surface area contributed by atoms with Crippen molar-refractivity contribution in [2.24, 2.45) is 0 Å². The molecular formula is C20H18ClN5O2. The van der Waals surface area contributed by atoms with Crippen molar-refractivity contribution in [2.45, 2.75) is 13.8 Å². The van der Waals surface area contributed by atoms with Crippen molar-refractivity contribution in [3.8, 4) is 0 Å². The molecule has 0 aliphatic heterocycles. The fraction of sp³-hybridized carbons (Fsp3) is 0.100. The van der Waals surface area contributed by atoms with Crippen LogP contribution in [0.5, 0.6) is 0 Å². The third-order valence-corrected chi connectivity index (χ3v) is 4.19. The molecule has 1 heterocycles. The van der Waals surface area contributed by atoms with Gasteiger partial charge >= 0.3 is 0 Å². The first kappa shape index (κ1) is 19.3. The van der Waals surface area contributed by atoms with Crippen LogP contribution in [0.25, 0.3) is 0 Å². The SMILES string of the molecule is CC(=O)Nc1cccc(Nc2ccc(C(=O)Nc3ccc(C)c(Cl)c3)nn2)c1. The summed E-state index contributed by atoms with van der Waals surface area (Å²) in [6, 6.07) is 15.7. The molecule has 2 amide bonds. The number of anilines is 4. The molecule has 0 saturated heterocycles. The number of amides is 2. The van der Waals surface area contributed by atoms with E-state index in [1.807, 2.05) is 19.1 Å². The van der Waals surface area contributed by atoms with E-state index < -0.39 is 0 Å². The highest BCUT2D eigenvalue weighted by Crippen LogP contribution is 2.21. The third kappa shape index (κ3) is 5.05. The van der Waals surface area contributed by atoms with E-state index in [-0.39, 0.29) is 17.5 Å². The molecule has 0 spiro atoms. The highest BCUT2D eigenvalue weighted by molar-refractivity contribution is 6.31. The molecule has 2 aromatic carbocycles. The maximum Gasteiger partial charge on any atom is 0.276 e. The Balaban J connectivity index is 1.66. The first-order valence-electron chi connectivity index (χ1n) is 8.46. The zero-order valence-electron chi connectivity index (χ0n) is 15.3. The van der Waals surface area contributed by atoms with Gasteiger partial charge in [0.25, 0.3) is 5.91 Å². The van der Waals surface area contributed by atoms with Gasteiger partial charge in [0.1, 0.15) is 0 Å². The first-order chi connectivity index (χ1) is 13.4. The van der Waals surface area contributed by atoms with Crippen LogP contribution in [0.2, 0.25) is 5.02 Å². The summed E-state index contributed by atoms with van der Waals surface area (Å²) in [6.45, 7) is 3.33. The second-order valence-electron chi connectivity index (χ2n) is 6.11. The Morgan fingerprint density at radius 3 is 2.32 bits per heavy atom. The number of halogens is 1. The Labute approximate surface area is 167 Å². The monoisotopic (exact) mass is 395 g/mol. The van der Waals surface area contributed by atoms with Crippen LogP contribution in [0.4, 0.5) is 22.9 Å². The summed E-state index contributed by atoms with van der Waals surface area (Å²) in [4.78, 5) is 23.5. The summed E-state index contributed by atoms with van der Waals surface area (Å²) in [7, 11) is 0. The standard InChI is InChI=1S/C20H18ClN5O2/c1-12-6-7-16(11-17(12)21)24-20(28)18-8-9-19(26-25-18)23-15-5-3-4-14(10-15)22-13(2)27/h3-11H,1-2H3,(H,22,27)(H,23,26)(H,24,28). The van der Waals surface area contributed by atoms with Crippen molar-refractivity contribution < 1.29 is 9.59 Å². The molecule has 8 heteroatoms. The summed E-state index contributed by atoms with van der Waals surface area (Å²) >= 11 is 6.07. The average Bonchev–Trinajstić information content (AvgIpc) is 2.65. The molecule has 3 N–H and O–H groups in total. The largest absolute Gasteiger partial charge is 0.339 e. The van der Waals surface area contributed by atoms with Gasteiger partial charge in [-0.3, -0.25) is 9.59 Å². The first-order valence-corrected chi connectivity index (χ1v) is 8.84. The van der Waals surface area contributed by atoms with Crippen LogP contribution in [0.1, 0.15) is 23.0 Å². The lowest BCUT2D eigenvalue weighted by Gasteiger charge is -2.09. The number of nitrogens with one attached hydrogen (secondary N) is 3. The molecule has 0 radical (unpaired) electrons. The lowest BCUT2D eigenvalue weighted by molar-refractivity contribution is -0.114. The van der Waals surface area contributed by atoms with E-state index in [1.54, 1.807) is 42.5 Å². The van der Waals surface area contributed by atoms with Crippen molar-refractivity contribution in [1.29, 1.82) is 0 Å². The number of carbonyl (C=O) groups is 2. The molecule has 0 unspecified atom stereocenters. The predicted molar refractivity (Wildman–Crippen MR) is 110 cm³/mol. The van der Waals surface area contributed by atoms with E-state index in [0.717, 1.165) is 11.3 Å². The molecule has 3 rings (SSSR count). The Hall–Kier alpha value is -3.45. The van der Waals surface area contributed by atoms with Crippen LogP contribution < -0.4 is 16.0 Å². The molecule has 0 bridgehead atoms. The topological polar surface area (TPSA) is 96.0 Å².